The quantitative estimate of drug-likeness (QED) is 0.665. The van der Waals surface area contributed by atoms with E-state index in [0.29, 0.717) is 5.69 Å². The number of hydrogen-bond donors (Lipinski definition) is 1. The summed E-state index contributed by atoms with van der Waals surface area (Å²) in [4.78, 5) is 23.8. The van der Waals surface area contributed by atoms with Gasteiger partial charge in [0.15, 0.2) is 5.69 Å². The molecular formula is C13H21ClN2O4. The van der Waals surface area contributed by atoms with E-state index in [0.717, 1.165) is 0 Å². The molecule has 20 heavy (non-hydrogen) atoms. The largest absolute Gasteiger partial charge is 0.462 e. The zero-order chi connectivity index (χ0) is 14.6. The third-order valence-electron chi connectivity index (χ3n) is 2.62. The van der Waals surface area contributed by atoms with Crippen molar-refractivity contribution in [3.63, 3.8) is 0 Å². The van der Waals surface area contributed by atoms with E-state index >= 15 is 0 Å². The lowest BCUT2D eigenvalue weighted by Crippen LogP contribution is -2.23. The molecule has 0 unspecified atom stereocenters. The Kier molecular flexibility index (Phi) is 7.13. The fourth-order valence-corrected chi connectivity index (χ4v) is 1.76. The molecule has 0 radical (unpaired) electrons. The predicted molar refractivity (Wildman–Crippen MR) is 77.8 cm³/mol. The van der Waals surface area contributed by atoms with Crippen molar-refractivity contribution >= 4 is 24.3 Å². The number of aromatic nitrogens is 1. The summed E-state index contributed by atoms with van der Waals surface area (Å²) in [5.41, 5.74) is 0.849. The minimum Gasteiger partial charge on any atom is -0.462 e. The van der Waals surface area contributed by atoms with Crippen LogP contribution in [0.5, 0.6) is 0 Å². The van der Waals surface area contributed by atoms with Crippen molar-refractivity contribution in [2.24, 2.45) is 0 Å². The van der Waals surface area contributed by atoms with Gasteiger partial charge in [0, 0.05) is 5.69 Å². The molecule has 0 aliphatic carbocycles. The Hall–Kier alpha value is -1.69. The molecule has 1 rings (SSSR count). The number of rotatable bonds is 5. The van der Waals surface area contributed by atoms with Crippen molar-refractivity contribution in [1.82, 2.24) is 4.68 Å². The van der Waals surface area contributed by atoms with Crippen LogP contribution in [0.3, 0.4) is 0 Å². The normalized spacial score (nSPS) is 10.1. The maximum atomic E-state index is 11.9. The van der Waals surface area contributed by atoms with Crippen LogP contribution in [0.2, 0.25) is 0 Å². The first-order valence-electron chi connectivity index (χ1n) is 6.28. The van der Waals surface area contributed by atoms with Gasteiger partial charge in [-0.1, -0.05) is 13.8 Å². The lowest BCUT2D eigenvalue weighted by Gasteiger charge is -2.09. The highest BCUT2D eigenvalue weighted by molar-refractivity contribution is 6.02. The minimum atomic E-state index is -0.625. The molecule has 0 aromatic carbocycles. The maximum Gasteiger partial charge on any atom is 0.357 e. The van der Waals surface area contributed by atoms with Crippen molar-refractivity contribution in [2.45, 2.75) is 33.6 Å². The molecule has 0 aliphatic heterocycles. The molecule has 2 N–H and O–H groups in total. The molecule has 1 heterocycles. The fourth-order valence-electron chi connectivity index (χ4n) is 1.76. The first-order valence-corrected chi connectivity index (χ1v) is 6.28. The summed E-state index contributed by atoms with van der Waals surface area (Å²) < 4.78 is 11.1. The zero-order valence-electron chi connectivity index (χ0n) is 12.1. The van der Waals surface area contributed by atoms with Crippen LogP contribution in [-0.2, 0) is 9.47 Å². The Balaban J connectivity index is 0.00000361. The summed E-state index contributed by atoms with van der Waals surface area (Å²) in [6, 6.07) is 1.58. The molecule has 0 saturated heterocycles. The van der Waals surface area contributed by atoms with E-state index in [-0.39, 0.29) is 42.8 Å². The molecule has 1 aromatic rings. The predicted octanol–water partition coefficient (Wildman–Crippen LogP) is 2.10. The number of ether oxygens (including phenoxy) is 2. The van der Waals surface area contributed by atoms with Gasteiger partial charge in [0.05, 0.1) is 18.8 Å². The lowest BCUT2D eigenvalue weighted by atomic mass is 10.1. The Morgan fingerprint density at radius 3 is 2.15 bits per heavy atom. The van der Waals surface area contributed by atoms with Crippen molar-refractivity contribution < 1.29 is 19.1 Å². The van der Waals surface area contributed by atoms with Gasteiger partial charge >= 0.3 is 11.9 Å². The average molecular weight is 305 g/mol. The minimum absolute atomic E-state index is 0. The molecule has 0 bridgehead atoms. The molecule has 7 heteroatoms. The number of esters is 2. The second-order valence-corrected chi connectivity index (χ2v) is 4.30. The van der Waals surface area contributed by atoms with Crippen molar-refractivity contribution in [3.05, 3.63) is 23.0 Å². The molecule has 0 aliphatic rings. The molecule has 6 nitrogen and oxygen atoms in total. The summed E-state index contributed by atoms with van der Waals surface area (Å²) in [5.74, 6) is 4.75. The molecule has 0 atom stereocenters. The van der Waals surface area contributed by atoms with Crippen LogP contribution in [-0.4, -0.2) is 29.8 Å². The highest BCUT2D eigenvalue weighted by Crippen LogP contribution is 2.22. The smallest absolute Gasteiger partial charge is 0.357 e. The molecular weight excluding hydrogens is 284 g/mol. The summed E-state index contributed by atoms with van der Waals surface area (Å²) in [7, 11) is 0. The van der Waals surface area contributed by atoms with Gasteiger partial charge in [0.25, 0.3) is 0 Å². The number of halogens is 1. The topological polar surface area (TPSA) is 83.5 Å². The van der Waals surface area contributed by atoms with Crippen LogP contribution >= 0.6 is 12.4 Å². The van der Waals surface area contributed by atoms with Crippen LogP contribution in [0.15, 0.2) is 6.07 Å². The third kappa shape index (κ3) is 3.66. The van der Waals surface area contributed by atoms with Crippen molar-refractivity contribution in [3.8, 4) is 0 Å². The van der Waals surface area contributed by atoms with Gasteiger partial charge in [-0.05, 0) is 25.8 Å². The fraction of sp³-hybridized carbons (Fsp3) is 0.538. The monoisotopic (exact) mass is 304 g/mol. The second-order valence-electron chi connectivity index (χ2n) is 4.30. The van der Waals surface area contributed by atoms with E-state index in [1.54, 1.807) is 19.9 Å². The molecule has 0 spiro atoms. The van der Waals surface area contributed by atoms with E-state index in [1.807, 2.05) is 13.8 Å². The van der Waals surface area contributed by atoms with Gasteiger partial charge in [-0.25, -0.2) is 9.59 Å². The van der Waals surface area contributed by atoms with E-state index < -0.39 is 11.9 Å². The van der Waals surface area contributed by atoms with E-state index in [1.165, 1.54) is 4.68 Å². The molecule has 0 saturated carbocycles. The Bertz CT molecular complexity index is 483. The third-order valence-corrected chi connectivity index (χ3v) is 2.62. The maximum absolute atomic E-state index is 11.9. The van der Waals surface area contributed by atoms with E-state index in [4.69, 9.17) is 15.3 Å². The number of nitrogens with two attached hydrogens (primary N) is 1. The number of hydrogen-bond acceptors (Lipinski definition) is 5. The highest BCUT2D eigenvalue weighted by Gasteiger charge is 2.27. The lowest BCUT2D eigenvalue weighted by molar-refractivity contribution is 0.0472. The Morgan fingerprint density at radius 1 is 1.20 bits per heavy atom. The van der Waals surface area contributed by atoms with Gasteiger partial charge < -0.3 is 15.3 Å². The average Bonchev–Trinajstić information content (AvgIpc) is 2.67. The summed E-state index contributed by atoms with van der Waals surface area (Å²) in [5, 5.41) is 0. The zero-order valence-corrected chi connectivity index (χ0v) is 13.0. The van der Waals surface area contributed by atoms with Crippen LogP contribution in [0.4, 0.5) is 0 Å². The van der Waals surface area contributed by atoms with Crippen LogP contribution < -0.4 is 5.84 Å². The number of nitrogens with zero attached hydrogens (tertiary/aromatic N) is 1. The summed E-state index contributed by atoms with van der Waals surface area (Å²) >= 11 is 0. The molecule has 114 valence electrons. The van der Waals surface area contributed by atoms with Gasteiger partial charge in [-0.3, -0.25) is 4.68 Å². The highest BCUT2D eigenvalue weighted by atomic mass is 35.5. The first kappa shape index (κ1) is 18.3. The number of nitrogen functional groups attached to an aromatic ring is 1. The molecule has 0 amide bonds. The number of carbonyl (C=O) groups excluding carboxylic acids is 2. The van der Waals surface area contributed by atoms with E-state index in [9.17, 15) is 9.59 Å². The Labute approximate surface area is 124 Å². The van der Waals surface area contributed by atoms with E-state index in [2.05, 4.69) is 0 Å². The van der Waals surface area contributed by atoms with Crippen molar-refractivity contribution in [2.75, 3.05) is 19.1 Å². The second kappa shape index (κ2) is 7.79. The van der Waals surface area contributed by atoms with Gasteiger partial charge in [-0.2, -0.15) is 0 Å². The van der Waals surface area contributed by atoms with Crippen LogP contribution in [0, 0.1) is 0 Å². The SMILES string of the molecule is CCOC(=O)c1cc(C(C)C)n(N)c1C(=O)OCC.Cl. The van der Waals surface area contributed by atoms with Gasteiger partial charge in [0.1, 0.15) is 0 Å². The number of carbonyl (C=O) groups is 2. The van der Waals surface area contributed by atoms with Crippen LogP contribution in [0.1, 0.15) is 60.2 Å². The Morgan fingerprint density at radius 2 is 1.70 bits per heavy atom. The standard InChI is InChI=1S/C13H20N2O4.ClH/c1-5-18-12(16)9-7-10(8(3)4)15(14)11(9)13(17)19-6-2;/h7-8H,5-6,14H2,1-4H3;1H. The molecule has 1 aromatic heterocycles. The summed E-state index contributed by atoms with van der Waals surface area (Å²) in [6.07, 6.45) is 0. The summed E-state index contributed by atoms with van der Waals surface area (Å²) in [6.45, 7) is 7.67. The molecule has 0 fully saturated rings. The van der Waals surface area contributed by atoms with Crippen LogP contribution in [0.25, 0.3) is 0 Å². The van der Waals surface area contributed by atoms with Gasteiger partial charge in [0.2, 0.25) is 0 Å². The van der Waals surface area contributed by atoms with Crippen molar-refractivity contribution in [1.29, 1.82) is 0 Å². The first-order chi connectivity index (χ1) is 8.93. The van der Waals surface area contributed by atoms with Gasteiger partial charge in [-0.15, -0.1) is 12.4 Å².